The smallest absolute Gasteiger partial charge is 0.140 e. The third kappa shape index (κ3) is 2.84. The summed E-state index contributed by atoms with van der Waals surface area (Å²) in [5.74, 6) is 0. The minimum atomic E-state index is -1.35. The number of aldehydes is 1. The summed E-state index contributed by atoms with van der Waals surface area (Å²) in [6.07, 6.45) is 4.48. The first-order valence-corrected chi connectivity index (χ1v) is 7.52. The molecule has 1 atom stereocenters. The highest BCUT2D eigenvalue weighted by molar-refractivity contribution is 9.10. The van der Waals surface area contributed by atoms with E-state index in [1.54, 1.807) is 6.07 Å². The molecule has 0 amide bonds. The van der Waals surface area contributed by atoms with Crippen molar-refractivity contribution in [1.82, 2.24) is 4.72 Å². The van der Waals surface area contributed by atoms with E-state index in [1.807, 2.05) is 18.2 Å². The van der Waals surface area contributed by atoms with Gasteiger partial charge in [-0.15, -0.1) is 0 Å². The Morgan fingerprint density at radius 2 is 1.94 bits per heavy atom. The zero-order chi connectivity index (χ0) is 12.3. The summed E-state index contributed by atoms with van der Waals surface area (Å²) >= 11 is 3.36. The van der Waals surface area contributed by atoms with Crippen molar-refractivity contribution in [3.63, 3.8) is 0 Å². The van der Waals surface area contributed by atoms with Crippen molar-refractivity contribution in [2.45, 2.75) is 36.1 Å². The first-order valence-electron chi connectivity index (χ1n) is 5.57. The molecule has 1 aromatic rings. The first kappa shape index (κ1) is 12.9. The molecule has 0 radical (unpaired) electrons. The van der Waals surface area contributed by atoms with E-state index in [-0.39, 0.29) is 0 Å². The van der Waals surface area contributed by atoms with E-state index in [1.165, 1.54) is 0 Å². The minimum absolute atomic E-state index is 0.597. The summed E-state index contributed by atoms with van der Waals surface area (Å²) in [5.41, 5.74) is -0.597. The lowest BCUT2D eigenvalue weighted by molar-refractivity contribution is -0.112. The van der Waals surface area contributed by atoms with E-state index >= 15 is 0 Å². The minimum Gasteiger partial charge on any atom is -0.301 e. The SMILES string of the molecule is O=CC1(NS(=O)c2ccccc2Br)CCCC1. The number of hydrogen-bond acceptors (Lipinski definition) is 2. The van der Waals surface area contributed by atoms with Crippen molar-refractivity contribution in [2.75, 3.05) is 0 Å². The van der Waals surface area contributed by atoms with E-state index in [4.69, 9.17) is 0 Å². The molecule has 2 rings (SSSR count). The van der Waals surface area contributed by atoms with Gasteiger partial charge < -0.3 is 4.79 Å². The number of nitrogens with one attached hydrogen (secondary N) is 1. The third-order valence-corrected chi connectivity index (χ3v) is 5.36. The van der Waals surface area contributed by atoms with Crippen LogP contribution in [0.25, 0.3) is 0 Å². The highest BCUT2D eigenvalue weighted by Crippen LogP contribution is 2.29. The van der Waals surface area contributed by atoms with Gasteiger partial charge in [0, 0.05) is 4.47 Å². The standard InChI is InChI=1S/C12H14BrNO2S/c13-10-5-1-2-6-11(10)17(16)14-12(9-15)7-3-4-8-12/h1-2,5-6,9,14H,3-4,7-8H2. The Hall–Kier alpha value is -0.520. The number of benzene rings is 1. The van der Waals surface area contributed by atoms with Crippen LogP contribution in [0.4, 0.5) is 0 Å². The Bertz CT molecular complexity index is 444. The molecule has 1 aliphatic rings. The second-order valence-electron chi connectivity index (χ2n) is 4.28. The Balaban J connectivity index is 2.16. The molecule has 1 N–H and O–H groups in total. The van der Waals surface area contributed by atoms with Gasteiger partial charge >= 0.3 is 0 Å². The third-order valence-electron chi connectivity index (χ3n) is 3.05. The lowest BCUT2D eigenvalue weighted by atomic mass is 10.0. The van der Waals surface area contributed by atoms with Crippen molar-refractivity contribution in [3.8, 4) is 0 Å². The zero-order valence-corrected chi connectivity index (χ0v) is 11.7. The van der Waals surface area contributed by atoms with Gasteiger partial charge in [0.15, 0.2) is 0 Å². The zero-order valence-electron chi connectivity index (χ0n) is 9.32. The molecule has 17 heavy (non-hydrogen) atoms. The fourth-order valence-corrected chi connectivity index (χ4v) is 3.99. The molecule has 1 saturated carbocycles. The van der Waals surface area contributed by atoms with Gasteiger partial charge in [-0.3, -0.25) is 0 Å². The van der Waals surface area contributed by atoms with E-state index in [0.717, 1.165) is 36.4 Å². The summed E-state index contributed by atoms with van der Waals surface area (Å²) in [6.45, 7) is 0. The molecule has 92 valence electrons. The van der Waals surface area contributed by atoms with Crippen molar-refractivity contribution in [3.05, 3.63) is 28.7 Å². The van der Waals surface area contributed by atoms with Crippen LogP contribution in [-0.4, -0.2) is 16.0 Å². The van der Waals surface area contributed by atoms with Crippen molar-refractivity contribution >= 4 is 33.2 Å². The van der Waals surface area contributed by atoms with Crippen LogP contribution in [0.3, 0.4) is 0 Å². The molecule has 0 spiro atoms. The van der Waals surface area contributed by atoms with Gasteiger partial charge in [0.1, 0.15) is 17.3 Å². The second kappa shape index (κ2) is 5.42. The molecule has 1 fully saturated rings. The van der Waals surface area contributed by atoms with Gasteiger partial charge in [0.25, 0.3) is 0 Å². The molecule has 1 aromatic carbocycles. The van der Waals surface area contributed by atoms with Crippen molar-refractivity contribution in [1.29, 1.82) is 0 Å². The van der Waals surface area contributed by atoms with Crippen LogP contribution in [-0.2, 0) is 15.8 Å². The quantitative estimate of drug-likeness (QED) is 0.868. The van der Waals surface area contributed by atoms with Crippen LogP contribution in [0, 0.1) is 0 Å². The normalized spacial score (nSPS) is 20.1. The molecule has 5 heteroatoms. The predicted octanol–water partition coefficient (Wildman–Crippen LogP) is 2.57. The summed E-state index contributed by atoms with van der Waals surface area (Å²) in [5, 5.41) is 0. The Kier molecular flexibility index (Phi) is 4.12. The maximum atomic E-state index is 12.2. The maximum absolute atomic E-state index is 12.2. The Morgan fingerprint density at radius 3 is 2.53 bits per heavy atom. The van der Waals surface area contributed by atoms with Crippen molar-refractivity contribution in [2.24, 2.45) is 0 Å². The summed E-state index contributed by atoms with van der Waals surface area (Å²) in [6, 6.07) is 7.34. The van der Waals surface area contributed by atoms with Gasteiger partial charge in [-0.25, -0.2) is 8.93 Å². The van der Waals surface area contributed by atoms with Crippen LogP contribution in [0.1, 0.15) is 25.7 Å². The van der Waals surface area contributed by atoms with Gasteiger partial charge in [-0.1, -0.05) is 25.0 Å². The van der Waals surface area contributed by atoms with Crippen molar-refractivity contribution < 1.29 is 9.00 Å². The Morgan fingerprint density at radius 1 is 1.29 bits per heavy atom. The van der Waals surface area contributed by atoms with Crippen LogP contribution >= 0.6 is 15.9 Å². The van der Waals surface area contributed by atoms with Gasteiger partial charge in [0.2, 0.25) is 0 Å². The molecular weight excluding hydrogens is 302 g/mol. The van der Waals surface area contributed by atoms with Crippen LogP contribution in [0.5, 0.6) is 0 Å². The topological polar surface area (TPSA) is 46.2 Å². The average Bonchev–Trinajstić information content (AvgIpc) is 2.79. The molecule has 0 saturated heterocycles. The summed E-state index contributed by atoms with van der Waals surface area (Å²) in [7, 11) is -1.35. The van der Waals surface area contributed by atoms with E-state index < -0.39 is 16.5 Å². The number of carbonyl (C=O) groups excluding carboxylic acids is 1. The van der Waals surface area contributed by atoms with Gasteiger partial charge in [0.05, 0.1) is 10.4 Å². The van der Waals surface area contributed by atoms with Gasteiger partial charge in [-0.2, -0.15) is 0 Å². The molecule has 1 aliphatic carbocycles. The molecule has 3 nitrogen and oxygen atoms in total. The number of halogens is 1. The average molecular weight is 316 g/mol. The first-order chi connectivity index (χ1) is 8.17. The monoisotopic (exact) mass is 315 g/mol. The second-order valence-corrected chi connectivity index (χ2v) is 6.32. The largest absolute Gasteiger partial charge is 0.301 e. The molecule has 1 unspecified atom stereocenters. The summed E-state index contributed by atoms with van der Waals surface area (Å²) < 4.78 is 16.0. The molecule has 0 heterocycles. The maximum Gasteiger partial charge on any atom is 0.140 e. The summed E-state index contributed by atoms with van der Waals surface area (Å²) in [4.78, 5) is 11.9. The van der Waals surface area contributed by atoms with Crippen LogP contribution in [0.15, 0.2) is 33.6 Å². The van der Waals surface area contributed by atoms with E-state index in [9.17, 15) is 9.00 Å². The van der Waals surface area contributed by atoms with Crippen LogP contribution < -0.4 is 4.72 Å². The predicted molar refractivity (Wildman–Crippen MR) is 70.9 cm³/mol. The molecule has 0 aliphatic heterocycles. The number of hydrogen-bond donors (Lipinski definition) is 1. The number of carbonyl (C=O) groups is 1. The number of rotatable bonds is 4. The van der Waals surface area contributed by atoms with E-state index in [2.05, 4.69) is 20.7 Å². The lowest BCUT2D eigenvalue weighted by Gasteiger charge is -2.22. The molecule has 0 bridgehead atoms. The van der Waals surface area contributed by atoms with Crippen LogP contribution in [0.2, 0.25) is 0 Å². The highest BCUT2D eigenvalue weighted by atomic mass is 79.9. The van der Waals surface area contributed by atoms with E-state index in [0.29, 0.717) is 4.90 Å². The van der Waals surface area contributed by atoms with Gasteiger partial charge in [-0.05, 0) is 40.9 Å². The fourth-order valence-electron chi connectivity index (χ4n) is 2.08. The highest BCUT2D eigenvalue weighted by Gasteiger charge is 2.35. The lowest BCUT2D eigenvalue weighted by Crippen LogP contribution is -2.45. The molecular formula is C12H14BrNO2S. The molecule has 0 aromatic heterocycles. The fraction of sp³-hybridized carbons (Fsp3) is 0.417. The Labute approximate surface area is 112 Å².